The number of nitrogens with zero attached hydrogens (tertiary/aromatic N) is 3. The third-order valence-corrected chi connectivity index (χ3v) is 3.15. The van der Waals surface area contributed by atoms with Crippen molar-refractivity contribution in [2.24, 2.45) is 5.73 Å². The van der Waals surface area contributed by atoms with Crippen LogP contribution in [-0.2, 0) is 6.54 Å². The Morgan fingerprint density at radius 1 is 1.55 bits per heavy atom. The molecule has 2 aromatic rings. The van der Waals surface area contributed by atoms with Crippen molar-refractivity contribution in [2.75, 3.05) is 13.7 Å². The number of carbonyl (C=O) groups is 1. The van der Waals surface area contributed by atoms with Gasteiger partial charge in [-0.3, -0.25) is 9.48 Å². The first-order chi connectivity index (χ1) is 10.5. The minimum Gasteiger partial charge on any atom is -0.494 e. The number of nitrogens with two attached hydrogens (primary N) is 1. The average molecular weight is 307 g/mol. The molecule has 1 unspecified atom stereocenters. The van der Waals surface area contributed by atoms with Gasteiger partial charge in [0.05, 0.1) is 25.9 Å². The van der Waals surface area contributed by atoms with Crippen LogP contribution in [0.4, 0.5) is 4.39 Å². The van der Waals surface area contributed by atoms with Crippen LogP contribution < -0.4 is 15.8 Å². The number of carbonyl (C=O) groups excluding carboxylic acids is 1. The molecule has 1 aromatic carbocycles. The second kappa shape index (κ2) is 6.99. The fourth-order valence-corrected chi connectivity index (χ4v) is 1.95. The Hall–Kier alpha value is -2.48. The largest absolute Gasteiger partial charge is 0.494 e. The quantitative estimate of drug-likeness (QED) is 0.826. The summed E-state index contributed by atoms with van der Waals surface area (Å²) in [7, 11) is 1.40. The molecular formula is C14H18FN5O2. The third-order valence-electron chi connectivity index (χ3n) is 3.15. The Kier molecular flexibility index (Phi) is 5.05. The molecule has 22 heavy (non-hydrogen) atoms. The number of amides is 1. The number of aromatic nitrogens is 3. The lowest BCUT2D eigenvalue weighted by atomic mass is 10.1. The van der Waals surface area contributed by atoms with Crippen molar-refractivity contribution in [3.05, 3.63) is 41.5 Å². The molecule has 0 bridgehead atoms. The third kappa shape index (κ3) is 3.59. The fraction of sp³-hybridized carbons (Fsp3) is 0.357. The average Bonchev–Trinajstić information content (AvgIpc) is 2.96. The SMILES string of the molecule is COc1ccc(C(C)NC(=O)c2cn(CCN)nn2)cc1F. The molecule has 1 amide bonds. The predicted molar refractivity (Wildman–Crippen MR) is 77.9 cm³/mol. The summed E-state index contributed by atoms with van der Waals surface area (Å²) in [5.41, 5.74) is 6.22. The van der Waals surface area contributed by atoms with Crippen molar-refractivity contribution in [3.63, 3.8) is 0 Å². The van der Waals surface area contributed by atoms with E-state index in [2.05, 4.69) is 15.6 Å². The second-order valence-corrected chi connectivity index (χ2v) is 4.74. The van der Waals surface area contributed by atoms with Crippen molar-refractivity contribution < 1.29 is 13.9 Å². The molecule has 0 fully saturated rings. The molecule has 1 aromatic heterocycles. The Morgan fingerprint density at radius 2 is 2.32 bits per heavy atom. The molecule has 118 valence electrons. The normalized spacial score (nSPS) is 12.0. The van der Waals surface area contributed by atoms with E-state index in [4.69, 9.17) is 10.5 Å². The molecule has 7 nitrogen and oxygen atoms in total. The highest BCUT2D eigenvalue weighted by Gasteiger charge is 2.16. The van der Waals surface area contributed by atoms with Crippen molar-refractivity contribution in [2.45, 2.75) is 19.5 Å². The summed E-state index contributed by atoms with van der Waals surface area (Å²) in [6, 6.07) is 4.16. The number of hydrogen-bond acceptors (Lipinski definition) is 5. The number of nitrogens with one attached hydrogen (secondary N) is 1. The first-order valence-corrected chi connectivity index (χ1v) is 6.79. The molecule has 2 rings (SSSR count). The van der Waals surface area contributed by atoms with Crippen molar-refractivity contribution in [1.29, 1.82) is 0 Å². The van der Waals surface area contributed by atoms with Gasteiger partial charge in [0.15, 0.2) is 17.3 Å². The standard InChI is InChI=1S/C14H18FN5O2/c1-9(10-3-4-13(22-2)11(15)7-10)17-14(21)12-8-20(6-5-16)19-18-12/h3-4,7-9H,5-6,16H2,1-2H3,(H,17,21). The Balaban J connectivity index is 2.05. The van der Waals surface area contributed by atoms with Crippen LogP contribution in [0, 0.1) is 5.82 Å². The molecular weight excluding hydrogens is 289 g/mol. The highest BCUT2D eigenvalue weighted by molar-refractivity contribution is 5.92. The summed E-state index contributed by atoms with van der Waals surface area (Å²) in [6.07, 6.45) is 1.52. The summed E-state index contributed by atoms with van der Waals surface area (Å²) >= 11 is 0. The fourth-order valence-electron chi connectivity index (χ4n) is 1.95. The molecule has 0 spiro atoms. The van der Waals surface area contributed by atoms with E-state index in [1.54, 1.807) is 13.0 Å². The van der Waals surface area contributed by atoms with Crippen LogP contribution in [-0.4, -0.2) is 34.6 Å². The van der Waals surface area contributed by atoms with Crippen LogP contribution >= 0.6 is 0 Å². The highest BCUT2D eigenvalue weighted by Crippen LogP contribution is 2.21. The van der Waals surface area contributed by atoms with Gasteiger partial charge in [0.1, 0.15) is 0 Å². The van der Waals surface area contributed by atoms with Crippen LogP contribution in [0.5, 0.6) is 5.75 Å². The Morgan fingerprint density at radius 3 is 2.95 bits per heavy atom. The van der Waals surface area contributed by atoms with Gasteiger partial charge in [0.25, 0.3) is 5.91 Å². The zero-order valence-electron chi connectivity index (χ0n) is 12.4. The molecule has 0 aliphatic heterocycles. The maximum absolute atomic E-state index is 13.7. The van der Waals surface area contributed by atoms with E-state index in [1.807, 2.05) is 0 Å². The van der Waals surface area contributed by atoms with E-state index in [0.717, 1.165) is 0 Å². The molecule has 0 saturated heterocycles. The zero-order chi connectivity index (χ0) is 16.1. The Labute approximate surface area is 127 Å². The lowest BCUT2D eigenvalue weighted by Crippen LogP contribution is -2.27. The highest BCUT2D eigenvalue weighted by atomic mass is 19.1. The maximum Gasteiger partial charge on any atom is 0.273 e. The maximum atomic E-state index is 13.7. The number of benzene rings is 1. The number of methoxy groups -OCH3 is 1. The number of ether oxygens (including phenoxy) is 1. The lowest BCUT2D eigenvalue weighted by Gasteiger charge is -2.14. The Bertz CT molecular complexity index is 658. The van der Waals surface area contributed by atoms with Gasteiger partial charge < -0.3 is 15.8 Å². The first-order valence-electron chi connectivity index (χ1n) is 6.79. The molecule has 0 aliphatic carbocycles. The molecule has 0 radical (unpaired) electrons. The van der Waals surface area contributed by atoms with Gasteiger partial charge in [-0.25, -0.2) is 4.39 Å². The predicted octanol–water partition coefficient (Wildman–Crippen LogP) is 0.876. The van der Waals surface area contributed by atoms with E-state index in [9.17, 15) is 9.18 Å². The van der Waals surface area contributed by atoms with Crippen molar-refractivity contribution in [1.82, 2.24) is 20.3 Å². The van der Waals surface area contributed by atoms with Crippen molar-refractivity contribution in [3.8, 4) is 5.75 Å². The van der Waals surface area contributed by atoms with E-state index < -0.39 is 5.82 Å². The van der Waals surface area contributed by atoms with Gasteiger partial charge in [-0.05, 0) is 24.6 Å². The van der Waals surface area contributed by atoms with E-state index in [-0.39, 0.29) is 23.4 Å². The zero-order valence-corrected chi connectivity index (χ0v) is 12.4. The summed E-state index contributed by atoms with van der Waals surface area (Å²) in [6.45, 7) is 2.65. The minimum atomic E-state index is -0.477. The van der Waals surface area contributed by atoms with Gasteiger partial charge in [0.2, 0.25) is 0 Å². The van der Waals surface area contributed by atoms with Gasteiger partial charge in [-0.2, -0.15) is 0 Å². The lowest BCUT2D eigenvalue weighted by molar-refractivity contribution is 0.0934. The minimum absolute atomic E-state index is 0.159. The number of halogens is 1. The first kappa shape index (κ1) is 15.9. The van der Waals surface area contributed by atoms with E-state index in [1.165, 1.54) is 30.1 Å². The summed E-state index contributed by atoms with van der Waals surface area (Å²) in [5.74, 6) is -0.700. The van der Waals surface area contributed by atoms with Crippen molar-refractivity contribution >= 4 is 5.91 Å². The molecule has 8 heteroatoms. The van der Waals surface area contributed by atoms with E-state index in [0.29, 0.717) is 18.7 Å². The smallest absolute Gasteiger partial charge is 0.273 e. The van der Waals surface area contributed by atoms with E-state index >= 15 is 0 Å². The van der Waals surface area contributed by atoms with Gasteiger partial charge in [-0.1, -0.05) is 11.3 Å². The van der Waals surface area contributed by atoms with Crippen LogP contribution in [0.25, 0.3) is 0 Å². The van der Waals surface area contributed by atoms with Gasteiger partial charge >= 0.3 is 0 Å². The summed E-state index contributed by atoms with van der Waals surface area (Å²) in [5, 5.41) is 10.3. The number of hydrogen-bond donors (Lipinski definition) is 2. The van der Waals surface area contributed by atoms with Crippen LogP contribution in [0.3, 0.4) is 0 Å². The molecule has 0 aliphatic rings. The second-order valence-electron chi connectivity index (χ2n) is 4.74. The molecule has 3 N–H and O–H groups in total. The molecule has 1 heterocycles. The summed E-state index contributed by atoms with van der Waals surface area (Å²) < 4.78 is 20.0. The number of rotatable bonds is 6. The molecule has 0 saturated carbocycles. The topological polar surface area (TPSA) is 95.1 Å². The van der Waals surface area contributed by atoms with Crippen LogP contribution in [0.2, 0.25) is 0 Å². The van der Waals surface area contributed by atoms with Gasteiger partial charge in [-0.15, -0.1) is 5.10 Å². The van der Waals surface area contributed by atoms with Gasteiger partial charge in [0, 0.05) is 6.54 Å². The monoisotopic (exact) mass is 307 g/mol. The van der Waals surface area contributed by atoms with Crippen LogP contribution in [0.15, 0.2) is 24.4 Å². The van der Waals surface area contributed by atoms with Crippen LogP contribution in [0.1, 0.15) is 29.0 Å². The summed E-state index contributed by atoms with van der Waals surface area (Å²) in [4.78, 5) is 12.1. The molecule has 1 atom stereocenters.